The van der Waals surface area contributed by atoms with E-state index < -0.39 is 13.7 Å². The molecule has 0 atom stereocenters. The maximum absolute atomic E-state index is 9.86. The summed E-state index contributed by atoms with van der Waals surface area (Å²) in [4.78, 5) is 8.49. The van der Waals surface area contributed by atoms with Gasteiger partial charge in [0.05, 0.1) is 16.7 Å². The molecule has 229 valence electrons. The molecule has 0 bridgehead atoms. The van der Waals surface area contributed by atoms with Gasteiger partial charge in [0.15, 0.2) is 5.01 Å². The maximum Gasteiger partial charge on any atom is 0.153 e. The Bertz CT molecular complexity index is 2550. The average molecular weight is 810 g/mol. The molecule has 0 spiro atoms. The number of hydrogen-bond acceptors (Lipinski definition) is 7. The Kier molecular flexibility index (Phi) is 7.39. The first-order chi connectivity index (χ1) is 25.0. The smallest absolute Gasteiger partial charge is 0.153 e. The molecule has 0 saturated carbocycles. The van der Waals surface area contributed by atoms with Gasteiger partial charge in [-0.25, -0.2) is 0 Å². The largest absolute Gasteiger partial charge is 0.500 e. The van der Waals surface area contributed by atoms with Gasteiger partial charge in [0, 0.05) is 51.7 Å². The second-order valence-electron chi connectivity index (χ2n) is 10.1. The Balaban J connectivity index is 0.000000238. The number of aromatic nitrogens is 4. The molecule has 0 fully saturated rings. The minimum Gasteiger partial charge on any atom is -0.500 e. The van der Waals surface area contributed by atoms with Gasteiger partial charge >= 0.3 is 0 Å². The summed E-state index contributed by atoms with van der Waals surface area (Å²) in [6.07, 6.45) is 2.74. The van der Waals surface area contributed by atoms with Crippen LogP contribution >= 0.6 is 11.3 Å². The van der Waals surface area contributed by atoms with Crippen molar-refractivity contribution in [2.24, 2.45) is 0 Å². The zero-order valence-electron chi connectivity index (χ0n) is 30.4. The van der Waals surface area contributed by atoms with E-state index in [1.807, 2.05) is 60.7 Å². The number of pyridine rings is 2. The van der Waals surface area contributed by atoms with Gasteiger partial charge < -0.3 is 14.4 Å². The zero-order chi connectivity index (χ0) is 36.5. The minimum absolute atomic E-state index is 0. The van der Waals surface area contributed by atoms with Gasteiger partial charge in [-0.3, -0.25) is 0 Å². The van der Waals surface area contributed by atoms with Crippen molar-refractivity contribution in [1.29, 1.82) is 5.26 Å². The number of furan rings is 1. The van der Waals surface area contributed by atoms with Crippen LogP contribution in [-0.2, 0) is 20.1 Å². The molecule has 8 rings (SSSR count). The van der Waals surface area contributed by atoms with E-state index in [4.69, 9.17) is 12.6 Å². The van der Waals surface area contributed by atoms with Crippen LogP contribution in [0.15, 0.2) is 120 Å². The van der Waals surface area contributed by atoms with Gasteiger partial charge in [-0.1, -0.05) is 83.0 Å². The van der Waals surface area contributed by atoms with E-state index in [9.17, 15) is 5.26 Å². The Morgan fingerprint density at radius 1 is 0.723 bits per heavy atom. The quantitative estimate of drug-likeness (QED) is 0.165. The van der Waals surface area contributed by atoms with Crippen molar-refractivity contribution in [3.63, 3.8) is 0 Å². The van der Waals surface area contributed by atoms with Crippen molar-refractivity contribution >= 4 is 33.3 Å². The van der Waals surface area contributed by atoms with Crippen LogP contribution in [0, 0.1) is 37.2 Å². The predicted molar refractivity (Wildman–Crippen MR) is 183 cm³/mol. The van der Waals surface area contributed by atoms with Gasteiger partial charge in [-0.2, -0.15) is 5.26 Å². The molecular weight excluding hydrogens is 779 g/mol. The van der Waals surface area contributed by atoms with Crippen LogP contribution in [0.1, 0.15) is 24.9 Å². The molecule has 0 aliphatic carbocycles. The molecule has 4 heterocycles. The molecule has 0 saturated heterocycles. The SMILES string of the molecule is [2H]C([2H])([2H])c1ccc(-c2[c-]ccc3c2oc2c(-c4nnc(-c5ccccc5)s4)c(C#N)ccc23)nc1.[2H]C([2H])([2H])c1ccc(-c2[c-]cccc2)nc1.[Ir]. The average Bonchev–Trinajstić information content (AvgIpc) is 3.80. The predicted octanol–water partition coefficient (Wildman–Crippen LogP) is 9.67. The van der Waals surface area contributed by atoms with Gasteiger partial charge in [0.1, 0.15) is 16.7 Å². The van der Waals surface area contributed by atoms with Crippen LogP contribution in [0.5, 0.6) is 0 Å². The number of aryl methyl sites for hydroxylation is 2. The molecule has 1 radical (unpaired) electrons. The van der Waals surface area contributed by atoms with E-state index in [0.717, 1.165) is 32.6 Å². The number of rotatable bonds is 4. The van der Waals surface area contributed by atoms with Gasteiger partial charge in [-0.15, -0.1) is 64.3 Å². The second kappa shape index (κ2) is 14.0. The summed E-state index contributed by atoms with van der Waals surface area (Å²) >= 11 is 1.39. The Morgan fingerprint density at radius 3 is 2.13 bits per heavy atom. The summed E-state index contributed by atoms with van der Waals surface area (Å²) in [5.41, 5.74) is 6.19. The van der Waals surface area contributed by atoms with E-state index in [2.05, 4.69) is 38.4 Å². The number of hydrogen-bond donors (Lipinski definition) is 0. The Morgan fingerprint density at radius 2 is 1.45 bits per heavy atom. The second-order valence-corrected chi connectivity index (χ2v) is 11.1. The van der Waals surface area contributed by atoms with Crippen molar-refractivity contribution in [2.45, 2.75) is 13.7 Å². The number of benzene rings is 4. The summed E-state index contributed by atoms with van der Waals surface area (Å²) < 4.78 is 50.8. The van der Waals surface area contributed by atoms with Crippen LogP contribution in [0.2, 0.25) is 0 Å². The van der Waals surface area contributed by atoms with E-state index in [0.29, 0.717) is 38.6 Å². The maximum atomic E-state index is 9.86. The van der Waals surface area contributed by atoms with Gasteiger partial charge in [-0.05, 0) is 42.3 Å². The van der Waals surface area contributed by atoms with E-state index in [1.165, 1.54) is 29.8 Å². The molecular formula is C39H25IrN5OS-2. The standard InChI is InChI=1S/C27H15N4OS.C12H10N.Ir/c1-16-10-13-22(29-15-16)21-9-5-8-19-20-12-11-18(14-28)23(25(20)32-24(19)21)27-31-30-26(33-27)17-6-3-2-4-7-17;1-10-7-8-12(13-9-10)11-5-3-2-4-6-11;/h2-8,10-13,15H,1H3;2-5,7-9H,1H3;/q2*-1;/i2*1D3;. The Hall–Kier alpha value is -5.32. The summed E-state index contributed by atoms with van der Waals surface area (Å²) in [7, 11) is 0. The van der Waals surface area contributed by atoms with Gasteiger partial charge in [0.25, 0.3) is 0 Å². The minimum atomic E-state index is -2.23. The summed E-state index contributed by atoms with van der Waals surface area (Å²) in [6.45, 7) is -4.32. The number of nitrogens with zero attached hydrogens (tertiary/aromatic N) is 5. The van der Waals surface area contributed by atoms with Crippen molar-refractivity contribution in [2.75, 3.05) is 0 Å². The topological polar surface area (TPSA) is 88.5 Å². The molecule has 8 aromatic rings. The van der Waals surface area contributed by atoms with Crippen LogP contribution in [0.3, 0.4) is 0 Å². The normalized spacial score (nSPS) is 13.0. The van der Waals surface area contributed by atoms with Crippen LogP contribution in [-0.4, -0.2) is 20.2 Å². The third-order valence-corrected chi connectivity index (χ3v) is 8.14. The van der Waals surface area contributed by atoms with Crippen LogP contribution in [0.4, 0.5) is 0 Å². The first-order valence-electron chi connectivity index (χ1n) is 17.1. The molecule has 0 N–H and O–H groups in total. The molecule has 0 aliphatic heterocycles. The number of nitriles is 1. The van der Waals surface area contributed by atoms with E-state index in [-0.39, 0.29) is 31.2 Å². The molecule has 0 amide bonds. The first-order valence-corrected chi connectivity index (χ1v) is 14.9. The molecule has 0 unspecified atom stereocenters. The van der Waals surface area contributed by atoms with Gasteiger partial charge in [0.2, 0.25) is 0 Å². The monoisotopic (exact) mass is 810 g/mol. The molecule has 0 aliphatic rings. The van der Waals surface area contributed by atoms with Crippen LogP contribution < -0.4 is 0 Å². The molecule has 6 nitrogen and oxygen atoms in total. The van der Waals surface area contributed by atoms with Crippen molar-refractivity contribution in [1.82, 2.24) is 20.2 Å². The molecule has 47 heavy (non-hydrogen) atoms. The first kappa shape index (κ1) is 24.9. The fourth-order valence-electron chi connectivity index (χ4n) is 4.97. The third-order valence-electron chi connectivity index (χ3n) is 7.15. The fraction of sp³-hybridized carbons (Fsp3) is 0.0513. The Labute approximate surface area is 298 Å². The molecule has 4 aromatic carbocycles. The van der Waals surface area contributed by atoms with Crippen molar-refractivity contribution in [3.05, 3.63) is 144 Å². The molecule has 8 heteroatoms. The summed E-state index contributed by atoms with van der Waals surface area (Å²) in [6, 6.07) is 39.4. The van der Waals surface area contributed by atoms with E-state index >= 15 is 0 Å². The summed E-state index contributed by atoms with van der Waals surface area (Å²) in [5.74, 6) is 0. The molecule has 4 aromatic heterocycles. The van der Waals surface area contributed by atoms with E-state index in [1.54, 1.807) is 36.4 Å². The van der Waals surface area contributed by atoms with Crippen LogP contribution in [0.25, 0.3) is 65.6 Å². The zero-order valence-corrected chi connectivity index (χ0v) is 27.6. The number of fused-ring (bicyclic) bond motifs is 3. The van der Waals surface area contributed by atoms with Crippen molar-refractivity contribution in [3.8, 4) is 49.7 Å². The fourth-order valence-corrected chi connectivity index (χ4v) is 5.88. The van der Waals surface area contributed by atoms with Crippen molar-refractivity contribution < 1.29 is 32.7 Å². The third kappa shape index (κ3) is 6.51. The summed E-state index contributed by atoms with van der Waals surface area (Å²) in [5, 5.41) is 21.6.